The number of nitrogens with one attached hydrogen (secondary N) is 1. The summed E-state index contributed by atoms with van der Waals surface area (Å²) < 4.78 is 0. The molecule has 0 aromatic carbocycles. The zero-order chi connectivity index (χ0) is 13.9. The van der Waals surface area contributed by atoms with Crippen LogP contribution in [0.4, 0.5) is 11.5 Å². The topological polar surface area (TPSA) is 101 Å². The largest absolute Gasteiger partial charge is 0.394 e. The molecule has 7 nitrogen and oxygen atoms in total. The summed E-state index contributed by atoms with van der Waals surface area (Å²) in [7, 11) is 0. The molecule has 0 atom stereocenters. The van der Waals surface area contributed by atoms with Gasteiger partial charge in [-0.05, 0) is 24.4 Å². The second kappa shape index (κ2) is 5.66. The minimum Gasteiger partial charge on any atom is -0.394 e. The summed E-state index contributed by atoms with van der Waals surface area (Å²) in [6, 6.07) is 0. The predicted molar refractivity (Wildman–Crippen MR) is 70.2 cm³/mol. The molecule has 0 unspecified atom stereocenters. The molecule has 2 N–H and O–H groups in total. The van der Waals surface area contributed by atoms with E-state index in [-0.39, 0.29) is 23.4 Å². The average Bonchev–Trinajstić information content (AvgIpc) is 2.39. The molecule has 1 aliphatic carbocycles. The second-order valence-electron chi connectivity index (χ2n) is 4.75. The summed E-state index contributed by atoms with van der Waals surface area (Å²) in [5.41, 5.74) is -0.788. The van der Waals surface area contributed by atoms with Crippen LogP contribution >= 0.6 is 11.6 Å². The van der Waals surface area contributed by atoms with Gasteiger partial charge in [-0.3, -0.25) is 10.1 Å². The summed E-state index contributed by atoms with van der Waals surface area (Å²) in [6.07, 6.45) is 5.63. The molecular formula is C11H15ClN4O3. The third kappa shape index (κ3) is 3.10. The standard InChI is InChI=1S/C11H15ClN4O3/c12-10-13-6-8(16(18)19)9(14-10)15-11(7-17)4-2-1-3-5-11/h6,17H,1-5,7H2,(H,13,14,15). The van der Waals surface area contributed by atoms with Crippen molar-refractivity contribution in [3.05, 3.63) is 21.6 Å². The summed E-state index contributed by atoms with van der Waals surface area (Å²) in [5, 5.41) is 23.5. The molecule has 0 aliphatic heterocycles. The summed E-state index contributed by atoms with van der Waals surface area (Å²) in [6.45, 7) is -0.0915. The highest BCUT2D eigenvalue weighted by atomic mass is 35.5. The number of aromatic nitrogens is 2. The van der Waals surface area contributed by atoms with E-state index in [0.29, 0.717) is 0 Å². The molecule has 1 fully saturated rings. The van der Waals surface area contributed by atoms with Crippen LogP contribution in [0.15, 0.2) is 6.20 Å². The van der Waals surface area contributed by atoms with Crippen molar-refractivity contribution < 1.29 is 10.0 Å². The van der Waals surface area contributed by atoms with Gasteiger partial charge in [-0.2, -0.15) is 4.98 Å². The number of hydrogen-bond donors (Lipinski definition) is 2. The maximum atomic E-state index is 10.9. The van der Waals surface area contributed by atoms with Crippen molar-refractivity contribution in [1.29, 1.82) is 0 Å². The first-order valence-corrected chi connectivity index (χ1v) is 6.50. The fraction of sp³-hybridized carbons (Fsp3) is 0.636. The van der Waals surface area contributed by atoms with Gasteiger partial charge in [0.25, 0.3) is 0 Å². The minimum absolute atomic E-state index is 0.0583. The lowest BCUT2D eigenvalue weighted by Crippen LogP contribution is -2.44. The van der Waals surface area contributed by atoms with E-state index in [1.165, 1.54) is 0 Å². The zero-order valence-corrected chi connectivity index (χ0v) is 11.1. The molecule has 1 heterocycles. The molecule has 0 spiro atoms. The van der Waals surface area contributed by atoms with E-state index in [2.05, 4.69) is 15.3 Å². The molecule has 2 rings (SSSR count). The summed E-state index contributed by atoms with van der Waals surface area (Å²) in [4.78, 5) is 17.9. The Morgan fingerprint density at radius 2 is 2.16 bits per heavy atom. The van der Waals surface area contributed by atoms with E-state index in [1.807, 2.05) is 0 Å². The first-order valence-electron chi connectivity index (χ1n) is 6.12. The summed E-state index contributed by atoms with van der Waals surface area (Å²) >= 11 is 5.68. The number of nitro groups is 1. The van der Waals surface area contributed by atoms with Gasteiger partial charge in [0, 0.05) is 0 Å². The van der Waals surface area contributed by atoms with Crippen molar-refractivity contribution >= 4 is 23.1 Å². The molecule has 0 saturated heterocycles. The number of rotatable bonds is 4. The van der Waals surface area contributed by atoms with Gasteiger partial charge in [0.15, 0.2) is 0 Å². The molecule has 1 saturated carbocycles. The van der Waals surface area contributed by atoms with Crippen LogP contribution in [0.2, 0.25) is 5.28 Å². The van der Waals surface area contributed by atoms with E-state index in [1.54, 1.807) is 0 Å². The quantitative estimate of drug-likeness (QED) is 0.499. The van der Waals surface area contributed by atoms with E-state index in [9.17, 15) is 15.2 Å². The van der Waals surface area contributed by atoms with Gasteiger partial charge < -0.3 is 10.4 Å². The van der Waals surface area contributed by atoms with E-state index >= 15 is 0 Å². The Balaban J connectivity index is 2.30. The molecular weight excluding hydrogens is 272 g/mol. The Morgan fingerprint density at radius 3 is 2.74 bits per heavy atom. The lowest BCUT2D eigenvalue weighted by molar-refractivity contribution is -0.384. The molecule has 0 bridgehead atoms. The van der Waals surface area contributed by atoms with Gasteiger partial charge in [0.1, 0.15) is 6.20 Å². The molecule has 104 valence electrons. The monoisotopic (exact) mass is 286 g/mol. The molecule has 1 aromatic rings. The van der Waals surface area contributed by atoms with Gasteiger partial charge in [0.2, 0.25) is 11.1 Å². The lowest BCUT2D eigenvalue weighted by atomic mass is 9.82. The van der Waals surface area contributed by atoms with Gasteiger partial charge >= 0.3 is 5.69 Å². The normalized spacial score (nSPS) is 18.0. The highest BCUT2D eigenvalue weighted by molar-refractivity contribution is 6.28. The number of aliphatic hydroxyl groups is 1. The van der Waals surface area contributed by atoms with E-state index in [4.69, 9.17) is 11.6 Å². The number of anilines is 1. The van der Waals surface area contributed by atoms with Crippen molar-refractivity contribution in [3.8, 4) is 0 Å². The maximum absolute atomic E-state index is 10.9. The number of aliphatic hydroxyl groups excluding tert-OH is 1. The third-order valence-electron chi connectivity index (χ3n) is 3.43. The average molecular weight is 287 g/mol. The van der Waals surface area contributed by atoms with Crippen LogP contribution in [-0.2, 0) is 0 Å². The van der Waals surface area contributed by atoms with Gasteiger partial charge in [-0.25, -0.2) is 4.98 Å². The predicted octanol–water partition coefficient (Wildman–Crippen LogP) is 2.15. The molecule has 1 aliphatic rings. The van der Waals surface area contributed by atoms with Gasteiger partial charge in [-0.1, -0.05) is 19.3 Å². The number of nitrogens with zero attached hydrogens (tertiary/aromatic N) is 3. The van der Waals surface area contributed by atoms with Crippen LogP contribution in [-0.4, -0.2) is 32.1 Å². The Bertz CT molecular complexity index is 477. The molecule has 19 heavy (non-hydrogen) atoms. The molecule has 0 amide bonds. The van der Waals surface area contributed by atoms with Crippen LogP contribution in [0.3, 0.4) is 0 Å². The first-order chi connectivity index (χ1) is 9.06. The van der Waals surface area contributed by atoms with Crippen LogP contribution in [0.5, 0.6) is 0 Å². The third-order valence-corrected chi connectivity index (χ3v) is 3.62. The Kier molecular flexibility index (Phi) is 4.16. The number of halogens is 1. The van der Waals surface area contributed by atoms with Gasteiger partial charge in [0.05, 0.1) is 17.1 Å². The fourth-order valence-corrected chi connectivity index (χ4v) is 2.52. The highest BCUT2D eigenvalue weighted by Crippen LogP contribution is 2.33. The molecule has 0 radical (unpaired) electrons. The SMILES string of the molecule is O=[N+]([O-])c1cnc(Cl)nc1NC1(CO)CCCCC1. The Hall–Kier alpha value is -1.47. The Morgan fingerprint density at radius 1 is 1.47 bits per heavy atom. The van der Waals surface area contributed by atoms with Crippen LogP contribution in [0.1, 0.15) is 32.1 Å². The van der Waals surface area contributed by atoms with Crippen molar-refractivity contribution in [3.63, 3.8) is 0 Å². The number of hydrogen-bond acceptors (Lipinski definition) is 6. The smallest absolute Gasteiger partial charge is 0.329 e. The molecule has 1 aromatic heterocycles. The Labute approximate surface area is 115 Å². The van der Waals surface area contributed by atoms with E-state index in [0.717, 1.165) is 38.3 Å². The van der Waals surface area contributed by atoms with Crippen molar-refractivity contribution in [1.82, 2.24) is 9.97 Å². The minimum atomic E-state index is -0.563. The van der Waals surface area contributed by atoms with Crippen LogP contribution in [0.25, 0.3) is 0 Å². The first kappa shape index (κ1) is 14.0. The van der Waals surface area contributed by atoms with Gasteiger partial charge in [-0.15, -0.1) is 0 Å². The fourth-order valence-electron chi connectivity index (χ4n) is 2.38. The van der Waals surface area contributed by atoms with Crippen LogP contribution in [0, 0.1) is 10.1 Å². The van der Waals surface area contributed by atoms with Crippen molar-refractivity contribution in [2.45, 2.75) is 37.6 Å². The maximum Gasteiger partial charge on any atom is 0.329 e. The molecule has 8 heteroatoms. The van der Waals surface area contributed by atoms with E-state index < -0.39 is 10.5 Å². The van der Waals surface area contributed by atoms with Crippen LogP contribution < -0.4 is 5.32 Å². The van der Waals surface area contributed by atoms with Crippen molar-refractivity contribution in [2.24, 2.45) is 0 Å². The highest BCUT2D eigenvalue weighted by Gasteiger charge is 2.34. The second-order valence-corrected chi connectivity index (χ2v) is 5.09. The lowest BCUT2D eigenvalue weighted by Gasteiger charge is -2.36. The summed E-state index contributed by atoms with van der Waals surface area (Å²) in [5.74, 6) is 0.0703. The zero-order valence-electron chi connectivity index (χ0n) is 10.3. The van der Waals surface area contributed by atoms with Crippen molar-refractivity contribution in [2.75, 3.05) is 11.9 Å².